The topological polar surface area (TPSA) is 0 Å². The van der Waals surface area contributed by atoms with Crippen LogP contribution in [0.3, 0.4) is 0 Å². The molecule has 0 aromatic heterocycles. The predicted octanol–water partition coefficient (Wildman–Crippen LogP) is 3.72. The summed E-state index contributed by atoms with van der Waals surface area (Å²) in [6.07, 6.45) is 14.8. The second kappa shape index (κ2) is 4.21. The van der Waals surface area contributed by atoms with Gasteiger partial charge >= 0.3 is 0 Å². The maximum absolute atomic E-state index is 2.39. The normalized spacial score (nSPS) is 21.3. The minimum atomic E-state index is 0.101. The van der Waals surface area contributed by atoms with E-state index >= 15 is 0 Å². The highest BCUT2D eigenvalue weighted by atomic mass is 14.3. The quantitative estimate of drug-likeness (QED) is 0.731. The summed E-state index contributed by atoms with van der Waals surface area (Å²) in [4.78, 5) is 0. The number of allylic oxidation sites excluding steroid dienone is 8. The third-order valence-electron chi connectivity index (χ3n) is 4.76. The molecule has 0 bridgehead atoms. The Labute approximate surface area is 126 Å². The summed E-state index contributed by atoms with van der Waals surface area (Å²) >= 11 is 0. The lowest BCUT2D eigenvalue weighted by atomic mass is 9.72. The number of hydrogen-bond donors (Lipinski definition) is 0. The Morgan fingerprint density at radius 3 is 2.71 bits per heavy atom. The Kier molecular flexibility index (Phi) is 2.53. The molecule has 1 aromatic carbocycles. The van der Waals surface area contributed by atoms with Crippen molar-refractivity contribution in [3.05, 3.63) is 81.3 Å². The molecule has 0 N–H and O–H groups in total. The lowest BCUT2D eigenvalue weighted by Crippen LogP contribution is -2.23. The van der Waals surface area contributed by atoms with Gasteiger partial charge < -0.3 is 0 Å². The van der Waals surface area contributed by atoms with Gasteiger partial charge in [-0.15, -0.1) is 0 Å². The van der Waals surface area contributed by atoms with Gasteiger partial charge in [0.15, 0.2) is 0 Å². The fraction of sp³-hybridized carbons (Fsp3) is 0.238. The maximum Gasteiger partial charge on any atom is 0.00876 e. The summed E-state index contributed by atoms with van der Waals surface area (Å²) in [6, 6.07) is 6.78. The van der Waals surface area contributed by atoms with Gasteiger partial charge in [-0.05, 0) is 52.2 Å². The lowest BCUT2D eigenvalue weighted by Gasteiger charge is -2.31. The van der Waals surface area contributed by atoms with Crippen molar-refractivity contribution in [2.75, 3.05) is 0 Å². The van der Waals surface area contributed by atoms with Crippen molar-refractivity contribution in [3.63, 3.8) is 0 Å². The zero-order chi connectivity index (χ0) is 14.6. The highest BCUT2D eigenvalue weighted by Gasteiger charge is 2.31. The Balaban J connectivity index is 2.06. The Bertz CT molecular complexity index is 880. The van der Waals surface area contributed by atoms with Crippen LogP contribution in [-0.2, 0) is 0 Å². The molecule has 3 aliphatic rings. The Morgan fingerprint density at radius 1 is 1.10 bits per heavy atom. The minimum Gasteiger partial charge on any atom is -0.0801 e. The van der Waals surface area contributed by atoms with Crippen molar-refractivity contribution in [3.8, 4) is 0 Å². The van der Waals surface area contributed by atoms with E-state index in [1.807, 2.05) is 0 Å². The standard InChI is InChI=1S/C21H20/c1-14-8-9-17-16(12-14)13-19-18(17)10-11-21(2,3)20(19)15-6-4-5-7-15/h4-6,8-13H,7H2,1-3H3. The monoisotopic (exact) mass is 272 g/mol. The molecule has 0 amide bonds. The van der Waals surface area contributed by atoms with Gasteiger partial charge in [0.05, 0.1) is 0 Å². The van der Waals surface area contributed by atoms with Crippen LogP contribution < -0.4 is 10.4 Å². The first-order valence-corrected chi connectivity index (χ1v) is 7.69. The van der Waals surface area contributed by atoms with Crippen LogP contribution in [0.5, 0.6) is 0 Å². The molecule has 0 heterocycles. The molecule has 0 radical (unpaired) electrons. The maximum atomic E-state index is 2.39. The van der Waals surface area contributed by atoms with Crippen molar-refractivity contribution in [1.29, 1.82) is 0 Å². The van der Waals surface area contributed by atoms with Gasteiger partial charge in [0, 0.05) is 5.41 Å². The van der Waals surface area contributed by atoms with Gasteiger partial charge in [0.2, 0.25) is 0 Å². The van der Waals surface area contributed by atoms with Crippen LogP contribution in [0.25, 0.3) is 11.6 Å². The molecule has 0 nitrogen and oxygen atoms in total. The number of hydrogen-bond acceptors (Lipinski definition) is 0. The molecule has 0 saturated heterocycles. The van der Waals surface area contributed by atoms with Crippen LogP contribution in [0.15, 0.2) is 65.3 Å². The second-order valence-electron chi connectivity index (χ2n) is 6.82. The fourth-order valence-corrected chi connectivity index (χ4v) is 3.75. The van der Waals surface area contributed by atoms with Crippen molar-refractivity contribution >= 4 is 11.6 Å². The van der Waals surface area contributed by atoms with Crippen molar-refractivity contribution in [1.82, 2.24) is 0 Å². The smallest absolute Gasteiger partial charge is 0.00876 e. The Morgan fingerprint density at radius 2 is 1.95 bits per heavy atom. The SMILES string of the molecule is Cc1ccc2c(c1)=CC1=C(C3=CC=CC3)C(C)(C)C=CC=21. The summed E-state index contributed by atoms with van der Waals surface area (Å²) in [5, 5.41) is 2.75. The highest BCUT2D eigenvalue weighted by Crippen LogP contribution is 2.45. The summed E-state index contributed by atoms with van der Waals surface area (Å²) in [5.41, 5.74) is 7.22. The molecule has 0 atom stereocenters. The molecule has 3 aliphatic carbocycles. The van der Waals surface area contributed by atoms with Gasteiger partial charge in [-0.3, -0.25) is 0 Å². The van der Waals surface area contributed by atoms with E-state index in [4.69, 9.17) is 0 Å². The zero-order valence-electron chi connectivity index (χ0n) is 12.9. The third-order valence-corrected chi connectivity index (χ3v) is 4.76. The average molecular weight is 272 g/mol. The molecule has 1 aromatic rings. The predicted molar refractivity (Wildman–Crippen MR) is 90.1 cm³/mol. The van der Waals surface area contributed by atoms with Crippen molar-refractivity contribution < 1.29 is 0 Å². The second-order valence-corrected chi connectivity index (χ2v) is 6.82. The van der Waals surface area contributed by atoms with Gasteiger partial charge in [-0.1, -0.05) is 68.0 Å². The van der Waals surface area contributed by atoms with E-state index in [2.05, 4.69) is 75.4 Å². The van der Waals surface area contributed by atoms with Crippen LogP contribution in [-0.4, -0.2) is 0 Å². The highest BCUT2D eigenvalue weighted by molar-refractivity contribution is 5.91. The van der Waals surface area contributed by atoms with E-state index in [1.54, 1.807) is 0 Å². The molecule has 0 saturated carbocycles. The molecule has 4 rings (SSSR count). The molecule has 0 heteroatoms. The molecule has 21 heavy (non-hydrogen) atoms. The largest absolute Gasteiger partial charge is 0.0801 e. The van der Waals surface area contributed by atoms with Crippen LogP contribution in [0.1, 0.15) is 25.8 Å². The zero-order valence-corrected chi connectivity index (χ0v) is 12.9. The van der Waals surface area contributed by atoms with E-state index in [1.165, 1.54) is 38.3 Å². The molecular weight excluding hydrogens is 252 g/mol. The third kappa shape index (κ3) is 1.82. The van der Waals surface area contributed by atoms with Crippen molar-refractivity contribution in [2.45, 2.75) is 27.2 Å². The molecule has 0 spiro atoms. The first-order valence-electron chi connectivity index (χ1n) is 7.69. The van der Waals surface area contributed by atoms with Gasteiger partial charge in [0.25, 0.3) is 0 Å². The summed E-state index contributed by atoms with van der Waals surface area (Å²) < 4.78 is 0. The summed E-state index contributed by atoms with van der Waals surface area (Å²) in [7, 11) is 0. The Hall–Kier alpha value is -2.08. The van der Waals surface area contributed by atoms with Gasteiger partial charge in [-0.25, -0.2) is 0 Å². The van der Waals surface area contributed by atoms with Crippen molar-refractivity contribution in [2.24, 2.45) is 5.41 Å². The lowest BCUT2D eigenvalue weighted by molar-refractivity contribution is 0.579. The molecule has 104 valence electrons. The number of fused-ring (bicyclic) bond motifs is 2. The van der Waals surface area contributed by atoms with Crippen LogP contribution in [0.2, 0.25) is 0 Å². The van der Waals surface area contributed by atoms with E-state index < -0.39 is 0 Å². The number of benzene rings is 1. The summed E-state index contributed by atoms with van der Waals surface area (Å²) in [5.74, 6) is 0. The molecule has 0 unspecified atom stereocenters. The van der Waals surface area contributed by atoms with Gasteiger partial charge in [0.1, 0.15) is 0 Å². The van der Waals surface area contributed by atoms with E-state index in [-0.39, 0.29) is 5.41 Å². The van der Waals surface area contributed by atoms with E-state index in [0.29, 0.717) is 0 Å². The molecule has 0 aliphatic heterocycles. The minimum absolute atomic E-state index is 0.101. The van der Waals surface area contributed by atoms with Crippen LogP contribution in [0, 0.1) is 12.3 Å². The van der Waals surface area contributed by atoms with Gasteiger partial charge in [-0.2, -0.15) is 0 Å². The molecule has 0 fully saturated rings. The average Bonchev–Trinajstić information content (AvgIpc) is 3.04. The summed E-state index contributed by atoms with van der Waals surface area (Å²) in [6.45, 7) is 6.81. The van der Waals surface area contributed by atoms with Crippen LogP contribution >= 0.6 is 0 Å². The number of rotatable bonds is 1. The number of aryl methyl sites for hydroxylation is 1. The first kappa shape index (κ1) is 12.6. The van der Waals surface area contributed by atoms with Crippen LogP contribution in [0.4, 0.5) is 0 Å². The fourth-order valence-electron chi connectivity index (χ4n) is 3.75. The first-order chi connectivity index (χ1) is 10.1. The van der Waals surface area contributed by atoms with E-state index in [9.17, 15) is 0 Å². The molecular formula is C21H20. The van der Waals surface area contributed by atoms with E-state index in [0.717, 1.165) is 6.42 Å².